The summed E-state index contributed by atoms with van der Waals surface area (Å²) in [6.45, 7) is 2.19. The summed E-state index contributed by atoms with van der Waals surface area (Å²) in [6.07, 6.45) is 9.99. The van der Waals surface area contributed by atoms with Crippen LogP contribution in [0, 0.1) is 34.5 Å². The van der Waals surface area contributed by atoms with Gasteiger partial charge in [0, 0.05) is 42.8 Å². The summed E-state index contributed by atoms with van der Waals surface area (Å²) in [5.74, 6) is 2.47. The lowest BCUT2D eigenvalue weighted by Crippen LogP contribution is -2.61. The number of ether oxygens (including phenoxy) is 1. The molecule has 254 valence electrons. The Labute approximate surface area is 274 Å². The largest absolute Gasteiger partial charge is 0.573 e. The van der Waals surface area contributed by atoms with E-state index in [0.717, 1.165) is 25.4 Å². The van der Waals surface area contributed by atoms with E-state index in [4.69, 9.17) is 0 Å². The molecule has 2 aromatic rings. The number of nitrogens with one attached hydrogen (secondary N) is 3. The Kier molecular flexibility index (Phi) is 9.24. The highest BCUT2D eigenvalue weighted by Crippen LogP contribution is 2.60. The van der Waals surface area contributed by atoms with Gasteiger partial charge in [-0.25, -0.2) is 4.98 Å². The van der Waals surface area contributed by atoms with Gasteiger partial charge in [0.25, 0.3) is 0 Å². The van der Waals surface area contributed by atoms with Crippen LogP contribution < -0.4 is 20.7 Å². The van der Waals surface area contributed by atoms with Crippen LogP contribution in [0.5, 0.6) is 5.75 Å². The predicted molar refractivity (Wildman–Crippen MR) is 171 cm³/mol. The van der Waals surface area contributed by atoms with E-state index in [-0.39, 0.29) is 30.3 Å². The molecular formula is C35H46F3N7O2. The predicted octanol–water partition coefficient (Wildman–Crippen LogP) is 5.82. The maximum atomic E-state index is 12.9. The summed E-state index contributed by atoms with van der Waals surface area (Å²) >= 11 is 0. The summed E-state index contributed by atoms with van der Waals surface area (Å²) < 4.78 is 42.8. The van der Waals surface area contributed by atoms with Gasteiger partial charge in [0.2, 0.25) is 5.95 Å². The first-order valence-electron chi connectivity index (χ1n) is 17.4. The molecule has 2 heterocycles. The Morgan fingerprint density at radius 2 is 1.81 bits per heavy atom. The van der Waals surface area contributed by atoms with Crippen molar-refractivity contribution in [3.05, 3.63) is 41.6 Å². The zero-order chi connectivity index (χ0) is 32.6. The number of aromatic nitrogens is 2. The van der Waals surface area contributed by atoms with Crippen LogP contribution in [-0.4, -0.2) is 70.2 Å². The molecule has 4 N–H and O–H groups in total. The second-order valence-corrected chi connectivity index (χ2v) is 14.8. The van der Waals surface area contributed by atoms with Crippen LogP contribution >= 0.6 is 0 Å². The third-order valence-corrected chi connectivity index (χ3v) is 11.8. The first-order chi connectivity index (χ1) is 22.7. The van der Waals surface area contributed by atoms with Gasteiger partial charge >= 0.3 is 6.36 Å². The Morgan fingerprint density at radius 3 is 2.53 bits per heavy atom. The van der Waals surface area contributed by atoms with E-state index in [1.807, 2.05) is 0 Å². The van der Waals surface area contributed by atoms with Crippen molar-refractivity contribution in [3.8, 4) is 11.8 Å². The molecule has 5 aliphatic carbocycles. The van der Waals surface area contributed by atoms with Crippen molar-refractivity contribution < 1.29 is 23.0 Å². The van der Waals surface area contributed by atoms with Crippen molar-refractivity contribution in [1.29, 1.82) is 5.26 Å². The Morgan fingerprint density at radius 1 is 1.04 bits per heavy atom. The normalized spacial score (nSPS) is 33.5. The molecule has 3 unspecified atom stereocenters. The summed E-state index contributed by atoms with van der Waals surface area (Å²) in [5.41, 5.74) is 0.829. The fraction of sp³-hybridized carbons (Fsp3) is 0.686. The zero-order valence-corrected chi connectivity index (χ0v) is 26.8. The number of aliphatic hydroxyl groups excluding tert-OH is 1. The van der Waals surface area contributed by atoms with Crippen LogP contribution in [0.1, 0.15) is 81.8 Å². The molecule has 0 amide bonds. The van der Waals surface area contributed by atoms with Crippen LogP contribution in [-0.2, 0) is 6.54 Å². The molecule has 0 spiro atoms. The van der Waals surface area contributed by atoms with E-state index in [9.17, 15) is 23.5 Å². The van der Waals surface area contributed by atoms with Crippen LogP contribution in [0.3, 0.4) is 0 Å². The summed E-state index contributed by atoms with van der Waals surface area (Å²) in [4.78, 5) is 11.4. The van der Waals surface area contributed by atoms with E-state index in [0.29, 0.717) is 52.9 Å². The van der Waals surface area contributed by atoms with Crippen LogP contribution in [0.15, 0.2) is 30.5 Å². The number of anilines is 2. The monoisotopic (exact) mass is 653 g/mol. The second-order valence-electron chi connectivity index (χ2n) is 14.8. The van der Waals surface area contributed by atoms with E-state index >= 15 is 0 Å². The number of halogens is 3. The van der Waals surface area contributed by atoms with Crippen molar-refractivity contribution in [2.45, 2.75) is 108 Å². The molecule has 47 heavy (non-hydrogen) atoms. The standard InChI is InChI=1S/C35H46F3N7O2/c36-35(37,38)47-30-6-2-1-4-23(30)18-40-33-41-19-26(17-39)32(44-33)42-21-34-14-22-12-24(15-34)31(25(13-22)16-34)43-27-7-9-28(10-8-27)45-11-3-5-29(45)20-46/h1-2,4,6,19,22,24-25,27-29,31,43,46H,3,5,7-16,18,20-21H2,(H2,40,41,42,44)/t22?,24-,25+,27?,28?,29-,31?,34?/m0/s1. The van der Waals surface area contributed by atoms with Gasteiger partial charge in [0.1, 0.15) is 23.2 Å². The molecule has 6 aliphatic rings. The maximum absolute atomic E-state index is 12.9. The molecule has 9 nitrogen and oxygen atoms in total. The first-order valence-corrected chi connectivity index (χ1v) is 17.4. The van der Waals surface area contributed by atoms with Crippen molar-refractivity contribution in [2.24, 2.45) is 23.2 Å². The minimum atomic E-state index is -4.79. The lowest BCUT2D eigenvalue weighted by atomic mass is 9.47. The zero-order valence-electron chi connectivity index (χ0n) is 26.8. The second kappa shape index (κ2) is 13.4. The van der Waals surface area contributed by atoms with E-state index in [2.05, 4.69) is 41.6 Å². The number of nitriles is 1. The van der Waals surface area contributed by atoms with Crippen LogP contribution in [0.25, 0.3) is 0 Å². The van der Waals surface area contributed by atoms with Gasteiger partial charge in [-0.15, -0.1) is 13.2 Å². The number of rotatable bonds is 11. The lowest BCUT2D eigenvalue weighted by molar-refractivity contribution is -0.274. The van der Waals surface area contributed by atoms with Crippen LogP contribution in [0.4, 0.5) is 24.9 Å². The average Bonchev–Trinajstić information content (AvgIpc) is 3.54. The smallest absolute Gasteiger partial charge is 0.405 e. The number of aliphatic hydroxyl groups is 1. The number of para-hydroxylation sites is 1. The number of alkyl halides is 3. The number of hydrogen-bond acceptors (Lipinski definition) is 9. The minimum Gasteiger partial charge on any atom is -0.405 e. The molecule has 1 saturated heterocycles. The Bertz CT molecular complexity index is 1430. The Balaban J connectivity index is 0.953. The van der Waals surface area contributed by atoms with Gasteiger partial charge in [-0.2, -0.15) is 10.2 Å². The maximum Gasteiger partial charge on any atom is 0.573 e. The molecule has 8 rings (SSSR count). The van der Waals surface area contributed by atoms with E-state index in [1.54, 1.807) is 12.1 Å². The molecule has 5 saturated carbocycles. The van der Waals surface area contributed by atoms with Gasteiger partial charge < -0.3 is 25.8 Å². The SMILES string of the molecule is N#Cc1cnc(NCc2ccccc2OC(F)(F)F)nc1NCC12CC3C[C@H](C1)C(NC1CCC(N4CCC[C@H]4CO)CC1)[C@@H](C3)C2. The highest BCUT2D eigenvalue weighted by Gasteiger charge is 2.55. The fourth-order valence-electron chi connectivity index (χ4n) is 10.1. The highest BCUT2D eigenvalue weighted by atomic mass is 19.4. The van der Waals surface area contributed by atoms with Crippen molar-refractivity contribution in [3.63, 3.8) is 0 Å². The minimum absolute atomic E-state index is 0.0318. The van der Waals surface area contributed by atoms with Gasteiger partial charge in [-0.3, -0.25) is 4.90 Å². The quantitative estimate of drug-likeness (QED) is 0.238. The first kappa shape index (κ1) is 32.4. The molecular weight excluding hydrogens is 607 g/mol. The number of likely N-dealkylation sites (tertiary alicyclic amines) is 1. The van der Waals surface area contributed by atoms with Crippen LogP contribution in [0.2, 0.25) is 0 Å². The fourth-order valence-corrected chi connectivity index (χ4v) is 10.1. The van der Waals surface area contributed by atoms with E-state index < -0.39 is 6.36 Å². The highest BCUT2D eigenvalue weighted by molar-refractivity contribution is 5.53. The van der Waals surface area contributed by atoms with Crippen molar-refractivity contribution >= 4 is 11.8 Å². The van der Waals surface area contributed by atoms with E-state index in [1.165, 1.54) is 82.5 Å². The number of hydrogen-bond donors (Lipinski definition) is 4. The molecule has 6 fully saturated rings. The molecule has 1 aromatic carbocycles. The lowest BCUT2D eigenvalue weighted by Gasteiger charge is -2.61. The summed E-state index contributed by atoms with van der Waals surface area (Å²) in [5, 5.41) is 30.3. The topological polar surface area (TPSA) is 118 Å². The molecule has 6 atom stereocenters. The molecule has 1 aromatic heterocycles. The number of nitrogens with zero attached hydrogens (tertiary/aromatic N) is 4. The third kappa shape index (κ3) is 7.18. The van der Waals surface area contributed by atoms with Gasteiger partial charge in [0.15, 0.2) is 0 Å². The average molecular weight is 654 g/mol. The number of benzene rings is 1. The summed E-state index contributed by atoms with van der Waals surface area (Å²) in [7, 11) is 0. The van der Waals surface area contributed by atoms with Gasteiger partial charge in [-0.05, 0) is 106 Å². The van der Waals surface area contributed by atoms with Crippen molar-refractivity contribution in [2.75, 3.05) is 30.3 Å². The summed E-state index contributed by atoms with van der Waals surface area (Å²) in [6, 6.07) is 10.3. The molecule has 1 aliphatic heterocycles. The molecule has 12 heteroatoms. The molecule has 0 radical (unpaired) electrons. The van der Waals surface area contributed by atoms with Gasteiger partial charge in [-0.1, -0.05) is 18.2 Å². The van der Waals surface area contributed by atoms with Gasteiger partial charge in [0.05, 0.1) is 12.8 Å². The Hall–Kier alpha value is -3.14. The molecule has 4 bridgehead atoms. The van der Waals surface area contributed by atoms with Crippen molar-refractivity contribution in [1.82, 2.24) is 20.2 Å². The third-order valence-electron chi connectivity index (χ3n) is 11.8.